The molecule has 0 unspecified atom stereocenters. The van der Waals surface area contributed by atoms with Crippen molar-refractivity contribution < 1.29 is 27.6 Å². The summed E-state index contributed by atoms with van der Waals surface area (Å²) in [5, 5.41) is 3.06. The van der Waals surface area contributed by atoms with Crippen LogP contribution in [-0.4, -0.2) is 58.0 Å². The Morgan fingerprint density at radius 1 is 0.973 bits per heavy atom. The molecule has 0 saturated carbocycles. The molecule has 3 aromatic rings. The van der Waals surface area contributed by atoms with Crippen LogP contribution in [0.25, 0.3) is 0 Å². The summed E-state index contributed by atoms with van der Waals surface area (Å²) in [6.07, 6.45) is 0. The third kappa shape index (κ3) is 6.53. The van der Waals surface area contributed by atoms with Crippen LogP contribution in [0.1, 0.15) is 10.4 Å². The van der Waals surface area contributed by atoms with Crippen LogP contribution >= 0.6 is 23.2 Å². The number of anilines is 1. The number of para-hydroxylation sites is 1. The number of ether oxygens (including phenoxy) is 1. The van der Waals surface area contributed by atoms with Crippen LogP contribution < -0.4 is 14.6 Å². The zero-order valence-corrected chi connectivity index (χ0v) is 21.8. The number of carbonyl (C=O) groups excluding carboxylic acids is 2. The first-order valence-corrected chi connectivity index (χ1v) is 13.4. The van der Waals surface area contributed by atoms with Crippen molar-refractivity contribution in [3.63, 3.8) is 0 Å². The van der Waals surface area contributed by atoms with Crippen molar-refractivity contribution in [1.82, 2.24) is 10.2 Å². The van der Waals surface area contributed by atoms with Gasteiger partial charge < -0.3 is 19.8 Å². The van der Waals surface area contributed by atoms with Gasteiger partial charge in [-0.25, -0.2) is 0 Å². The third-order valence-electron chi connectivity index (χ3n) is 5.44. The number of hydrogen-bond acceptors (Lipinski definition) is 6. The maximum Gasteiger partial charge on any atom is 0.295 e. The minimum atomic E-state index is -4.25. The summed E-state index contributed by atoms with van der Waals surface area (Å²) < 4.78 is 33.1. The third-order valence-corrected chi connectivity index (χ3v) is 7.56. The summed E-state index contributed by atoms with van der Waals surface area (Å²) in [5.41, 5.74) is 0.429. The molecule has 0 spiro atoms. The van der Waals surface area contributed by atoms with E-state index in [-0.39, 0.29) is 39.4 Å². The lowest BCUT2D eigenvalue weighted by molar-refractivity contribution is -0.134. The predicted molar refractivity (Wildman–Crippen MR) is 139 cm³/mol. The molecule has 12 heteroatoms. The number of carbonyl (C=O) groups is 2. The van der Waals surface area contributed by atoms with E-state index in [1.807, 2.05) is 0 Å². The van der Waals surface area contributed by atoms with Gasteiger partial charge in [0.05, 0.1) is 35.4 Å². The second kappa shape index (κ2) is 11.8. The molecule has 0 aromatic heterocycles. The van der Waals surface area contributed by atoms with Gasteiger partial charge in [-0.2, -0.15) is 8.42 Å². The lowest BCUT2D eigenvalue weighted by Gasteiger charge is -2.26. The summed E-state index contributed by atoms with van der Waals surface area (Å²) >= 11 is 12.2. The van der Waals surface area contributed by atoms with Gasteiger partial charge >= 0.3 is 0 Å². The van der Waals surface area contributed by atoms with Gasteiger partial charge in [0, 0.05) is 23.7 Å². The number of sulfonamides is 1. The molecule has 1 saturated heterocycles. The Labute approximate surface area is 224 Å². The number of morpholine rings is 1. The Kier molecular flexibility index (Phi) is 8.55. The highest BCUT2D eigenvalue weighted by molar-refractivity contribution is 7.92. The average molecular weight is 564 g/mol. The van der Waals surface area contributed by atoms with Gasteiger partial charge in [-0.15, -0.1) is 0 Å². The Bertz CT molecular complexity index is 1360. The summed E-state index contributed by atoms with van der Waals surface area (Å²) in [4.78, 5) is 32.0. The van der Waals surface area contributed by atoms with Crippen LogP contribution in [0.15, 0.2) is 77.7 Å². The summed E-state index contributed by atoms with van der Waals surface area (Å²) in [7, 11) is -4.25. The van der Waals surface area contributed by atoms with Crippen LogP contribution in [0.2, 0.25) is 10.0 Å². The molecule has 1 aliphatic rings. The summed E-state index contributed by atoms with van der Waals surface area (Å²) in [5.74, 6) is -0.638. The van der Waals surface area contributed by atoms with E-state index in [4.69, 9.17) is 32.8 Å². The van der Waals surface area contributed by atoms with Crippen LogP contribution in [0.3, 0.4) is 0 Å². The standard InChI is InChI=1S/C25H23Cl2N3O6S/c26-19-8-11-23(22(27)16-19)36-30(20-4-2-1-3-5-20)37(33,34)21-9-6-18(7-10-21)25(32)28-17-24(31)29-12-14-35-15-13-29/h1-11,16H,12-15,17H2,(H,28,32). The smallest absolute Gasteiger partial charge is 0.295 e. The predicted octanol–water partition coefficient (Wildman–Crippen LogP) is 3.77. The minimum Gasteiger partial charge on any atom is -0.378 e. The van der Waals surface area contributed by atoms with Gasteiger partial charge in [-0.3, -0.25) is 9.59 Å². The van der Waals surface area contributed by atoms with E-state index in [9.17, 15) is 18.0 Å². The zero-order chi connectivity index (χ0) is 26.4. The van der Waals surface area contributed by atoms with E-state index in [1.165, 1.54) is 42.5 Å². The van der Waals surface area contributed by atoms with Crippen molar-refractivity contribution in [3.8, 4) is 5.75 Å². The maximum absolute atomic E-state index is 13.6. The number of nitrogens with one attached hydrogen (secondary N) is 1. The monoisotopic (exact) mass is 563 g/mol. The lowest BCUT2D eigenvalue weighted by atomic mass is 10.2. The fourth-order valence-corrected chi connectivity index (χ4v) is 5.18. The Morgan fingerprint density at radius 2 is 1.65 bits per heavy atom. The average Bonchev–Trinajstić information content (AvgIpc) is 2.92. The molecule has 1 heterocycles. The Hall–Kier alpha value is -3.31. The van der Waals surface area contributed by atoms with Crippen LogP contribution in [0.5, 0.6) is 5.75 Å². The molecule has 194 valence electrons. The minimum absolute atomic E-state index is 0.0828. The SMILES string of the molecule is O=C(NCC(=O)N1CCOCC1)c1ccc(S(=O)(=O)N(Oc2ccc(Cl)cc2Cl)c2ccccc2)cc1. The van der Waals surface area contributed by atoms with E-state index in [2.05, 4.69) is 5.32 Å². The largest absolute Gasteiger partial charge is 0.378 e. The van der Waals surface area contributed by atoms with E-state index < -0.39 is 15.9 Å². The normalized spacial score (nSPS) is 13.6. The highest BCUT2D eigenvalue weighted by Crippen LogP contribution is 2.32. The van der Waals surface area contributed by atoms with Gasteiger partial charge in [0.15, 0.2) is 5.75 Å². The second-order valence-corrected chi connectivity index (χ2v) is 10.5. The molecule has 1 aliphatic heterocycles. The van der Waals surface area contributed by atoms with E-state index in [0.717, 1.165) is 4.47 Å². The van der Waals surface area contributed by atoms with Gasteiger partial charge in [-0.1, -0.05) is 45.9 Å². The van der Waals surface area contributed by atoms with Crippen LogP contribution in [-0.2, 0) is 19.6 Å². The van der Waals surface area contributed by atoms with Gasteiger partial charge in [0.25, 0.3) is 15.9 Å². The molecule has 1 fully saturated rings. The molecule has 37 heavy (non-hydrogen) atoms. The van der Waals surface area contributed by atoms with Gasteiger partial charge in [0.1, 0.15) is 0 Å². The number of rotatable bonds is 8. The highest BCUT2D eigenvalue weighted by atomic mass is 35.5. The van der Waals surface area contributed by atoms with Crippen LogP contribution in [0.4, 0.5) is 5.69 Å². The molecule has 0 atom stereocenters. The molecular weight excluding hydrogens is 541 g/mol. The van der Waals surface area contributed by atoms with Gasteiger partial charge in [0.2, 0.25) is 5.91 Å². The molecule has 9 nitrogen and oxygen atoms in total. The molecule has 3 aromatic carbocycles. The molecule has 2 amide bonds. The summed E-state index contributed by atoms with van der Waals surface area (Å²) in [6, 6.07) is 17.9. The lowest BCUT2D eigenvalue weighted by Crippen LogP contribution is -2.45. The molecule has 0 bridgehead atoms. The van der Waals surface area contributed by atoms with Crippen molar-refractivity contribution in [3.05, 3.63) is 88.4 Å². The summed E-state index contributed by atoms with van der Waals surface area (Å²) in [6.45, 7) is 1.70. The zero-order valence-electron chi connectivity index (χ0n) is 19.5. The second-order valence-electron chi connectivity index (χ2n) is 7.93. The van der Waals surface area contributed by atoms with Crippen molar-refractivity contribution in [1.29, 1.82) is 0 Å². The topological polar surface area (TPSA) is 105 Å². The van der Waals surface area contributed by atoms with Gasteiger partial charge in [-0.05, 0) is 54.6 Å². The Balaban J connectivity index is 1.51. The molecule has 1 N–H and O–H groups in total. The fourth-order valence-electron chi connectivity index (χ4n) is 3.49. The number of halogens is 2. The number of nitrogens with zero attached hydrogens (tertiary/aromatic N) is 2. The molecular formula is C25H23Cl2N3O6S. The fraction of sp³-hybridized carbons (Fsp3) is 0.200. The maximum atomic E-state index is 13.6. The molecule has 0 radical (unpaired) electrons. The molecule has 0 aliphatic carbocycles. The van der Waals surface area contributed by atoms with E-state index >= 15 is 0 Å². The quantitative estimate of drug-likeness (QED) is 0.418. The van der Waals surface area contributed by atoms with Crippen molar-refractivity contribution in [2.75, 3.05) is 37.3 Å². The van der Waals surface area contributed by atoms with E-state index in [0.29, 0.717) is 31.3 Å². The number of hydrogen-bond donors (Lipinski definition) is 1. The molecule has 4 rings (SSSR count). The first-order chi connectivity index (χ1) is 17.8. The highest BCUT2D eigenvalue weighted by Gasteiger charge is 2.28. The van der Waals surface area contributed by atoms with Crippen LogP contribution in [0, 0.1) is 0 Å². The van der Waals surface area contributed by atoms with E-state index in [1.54, 1.807) is 35.2 Å². The van der Waals surface area contributed by atoms with Crippen molar-refractivity contribution in [2.45, 2.75) is 4.90 Å². The van der Waals surface area contributed by atoms with Crippen molar-refractivity contribution >= 4 is 50.7 Å². The number of benzene rings is 3. The van der Waals surface area contributed by atoms with Crippen molar-refractivity contribution in [2.24, 2.45) is 0 Å². The first kappa shape index (κ1) is 26.7. The first-order valence-electron chi connectivity index (χ1n) is 11.2. The Morgan fingerprint density at radius 3 is 2.30 bits per heavy atom. The number of amides is 2.